The molecule has 3 aromatic rings. The summed E-state index contributed by atoms with van der Waals surface area (Å²) in [6, 6.07) is 23.9. The number of ether oxygens (including phenoxy) is 1. The zero-order chi connectivity index (χ0) is 22.1. The number of likely N-dealkylation sites (tertiary alicyclic amines) is 1. The lowest BCUT2D eigenvalue weighted by molar-refractivity contribution is 0.0375. The summed E-state index contributed by atoms with van der Waals surface area (Å²) in [6.45, 7) is 2.28. The molecule has 0 unspecified atom stereocenters. The fourth-order valence-electron chi connectivity index (χ4n) is 4.59. The van der Waals surface area contributed by atoms with Crippen LogP contribution >= 0.6 is 0 Å². The second kappa shape index (κ2) is 8.75. The molecule has 1 heterocycles. The van der Waals surface area contributed by atoms with Crippen molar-refractivity contribution in [2.45, 2.75) is 24.8 Å². The van der Waals surface area contributed by atoms with Crippen molar-refractivity contribution in [2.24, 2.45) is 5.92 Å². The van der Waals surface area contributed by atoms with Crippen molar-refractivity contribution >= 4 is 5.97 Å². The topological polar surface area (TPSA) is 49.8 Å². The number of halogens is 1. The van der Waals surface area contributed by atoms with Crippen molar-refractivity contribution in [3.05, 3.63) is 101 Å². The van der Waals surface area contributed by atoms with E-state index in [0.29, 0.717) is 18.3 Å². The third kappa shape index (κ3) is 4.26. The molecule has 1 N–H and O–H groups in total. The van der Waals surface area contributed by atoms with E-state index in [1.807, 2.05) is 12.1 Å². The van der Waals surface area contributed by atoms with Gasteiger partial charge >= 0.3 is 5.97 Å². The lowest BCUT2D eigenvalue weighted by atomic mass is 9.90. The van der Waals surface area contributed by atoms with Crippen molar-refractivity contribution in [3.63, 3.8) is 0 Å². The van der Waals surface area contributed by atoms with Crippen molar-refractivity contribution in [1.82, 2.24) is 4.90 Å². The van der Waals surface area contributed by atoms with Crippen LogP contribution in [0.25, 0.3) is 0 Å². The Morgan fingerprint density at radius 3 is 2.12 bits per heavy atom. The van der Waals surface area contributed by atoms with Crippen LogP contribution in [0.2, 0.25) is 0 Å². The standard InChI is InChI=1S/C27H26FNO3/c28-24-14-25(22(19-11-12-19)13-23(24)27(30)31)32-17-18-15-29(16-18)26(20-7-3-1-4-8-20)21-9-5-2-6-10-21/h1-10,13-14,18-19,26H,11-12,15-17H2,(H,30,31). The van der Waals surface area contributed by atoms with Crippen molar-refractivity contribution in [1.29, 1.82) is 0 Å². The molecule has 0 spiro atoms. The summed E-state index contributed by atoms with van der Waals surface area (Å²) >= 11 is 0. The minimum atomic E-state index is -1.24. The van der Waals surface area contributed by atoms with Crippen LogP contribution in [0.4, 0.5) is 4.39 Å². The van der Waals surface area contributed by atoms with E-state index in [4.69, 9.17) is 4.74 Å². The van der Waals surface area contributed by atoms with Gasteiger partial charge in [-0.2, -0.15) is 0 Å². The highest BCUT2D eigenvalue weighted by molar-refractivity contribution is 5.88. The van der Waals surface area contributed by atoms with Gasteiger partial charge in [-0.05, 0) is 41.5 Å². The summed E-state index contributed by atoms with van der Waals surface area (Å²) in [5.41, 5.74) is 3.08. The van der Waals surface area contributed by atoms with Gasteiger partial charge in [0.05, 0.1) is 18.2 Å². The monoisotopic (exact) mass is 431 g/mol. The molecule has 3 aromatic carbocycles. The fraction of sp³-hybridized carbons (Fsp3) is 0.296. The number of nitrogens with zero attached hydrogens (tertiary/aromatic N) is 1. The lowest BCUT2D eigenvalue weighted by Crippen LogP contribution is -2.51. The Balaban J connectivity index is 1.27. The molecule has 0 atom stereocenters. The van der Waals surface area contributed by atoms with Gasteiger partial charge in [-0.3, -0.25) is 4.90 Å². The van der Waals surface area contributed by atoms with E-state index in [1.54, 1.807) is 0 Å². The molecule has 0 radical (unpaired) electrons. The molecule has 32 heavy (non-hydrogen) atoms. The van der Waals surface area contributed by atoms with E-state index in [2.05, 4.69) is 53.4 Å². The SMILES string of the molecule is O=C(O)c1cc(C2CC2)c(OCC2CN(C(c3ccccc3)c3ccccc3)C2)cc1F. The number of hydrogen-bond donors (Lipinski definition) is 1. The first-order valence-corrected chi connectivity index (χ1v) is 11.1. The maximum atomic E-state index is 14.3. The molecule has 2 aliphatic rings. The van der Waals surface area contributed by atoms with Crippen LogP contribution in [0.1, 0.15) is 51.8 Å². The summed E-state index contributed by atoms with van der Waals surface area (Å²) < 4.78 is 20.3. The van der Waals surface area contributed by atoms with Gasteiger partial charge in [0.1, 0.15) is 11.6 Å². The highest BCUT2D eigenvalue weighted by Crippen LogP contribution is 2.45. The maximum absolute atomic E-state index is 14.3. The Morgan fingerprint density at radius 2 is 1.59 bits per heavy atom. The van der Waals surface area contributed by atoms with E-state index < -0.39 is 11.8 Å². The molecule has 2 fully saturated rings. The Kier molecular flexibility index (Phi) is 5.66. The molecule has 1 saturated carbocycles. The minimum Gasteiger partial charge on any atom is -0.493 e. The first-order chi connectivity index (χ1) is 15.6. The van der Waals surface area contributed by atoms with E-state index in [0.717, 1.165) is 31.5 Å². The summed E-state index contributed by atoms with van der Waals surface area (Å²) in [5.74, 6) is -0.851. The van der Waals surface area contributed by atoms with Crippen LogP contribution in [-0.2, 0) is 0 Å². The third-order valence-electron chi connectivity index (χ3n) is 6.40. The Morgan fingerprint density at radius 1 is 1.00 bits per heavy atom. The number of carboxylic acids is 1. The zero-order valence-corrected chi connectivity index (χ0v) is 17.8. The predicted octanol–water partition coefficient (Wildman–Crippen LogP) is 5.50. The predicted molar refractivity (Wildman–Crippen MR) is 121 cm³/mol. The summed E-state index contributed by atoms with van der Waals surface area (Å²) in [5, 5.41) is 9.23. The number of aromatic carboxylic acids is 1. The van der Waals surface area contributed by atoms with Crippen molar-refractivity contribution < 1.29 is 19.0 Å². The van der Waals surface area contributed by atoms with Crippen molar-refractivity contribution in [3.8, 4) is 5.75 Å². The lowest BCUT2D eigenvalue weighted by Gasteiger charge is -2.44. The first kappa shape index (κ1) is 20.7. The van der Waals surface area contributed by atoms with E-state index in [1.165, 1.54) is 23.3 Å². The number of rotatable bonds is 8. The molecule has 0 aromatic heterocycles. The average Bonchev–Trinajstić information content (AvgIpc) is 3.61. The van der Waals surface area contributed by atoms with Gasteiger partial charge in [-0.15, -0.1) is 0 Å². The Bertz CT molecular complexity index is 1050. The number of carbonyl (C=O) groups is 1. The smallest absolute Gasteiger partial charge is 0.338 e. The number of carboxylic acid groups (broad SMARTS) is 1. The largest absolute Gasteiger partial charge is 0.493 e. The molecule has 4 nitrogen and oxygen atoms in total. The van der Waals surface area contributed by atoms with E-state index in [-0.39, 0.29) is 17.5 Å². The second-order valence-corrected chi connectivity index (χ2v) is 8.80. The van der Waals surface area contributed by atoms with Gasteiger partial charge in [0, 0.05) is 25.1 Å². The van der Waals surface area contributed by atoms with Crippen LogP contribution in [0, 0.1) is 11.7 Å². The van der Waals surface area contributed by atoms with Gasteiger partial charge in [-0.25, -0.2) is 9.18 Å². The van der Waals surface area contributed by atoms with Gasteiger partial charge < -0.3 is 9.84 Å². The van der Waals surface area contributed by atoms with Crippen LogP contribution in [0.3, 0.4) is 0 Å². The van der Waals surface area contributed by atoms with Gasteiger partial charge in [0.15, 0.2) is 0 Å². The van der Waals surface area contributed by atoms with Crippen molar-refractivity contribution in [2.75, 3.05) is 19.7 Å². The quantitative estimate of drug-likeness (QED) is 0.512. The highest BCUT2D eigenvalue weighted by Gasteiger charge is 2.35. The van der Waals surface area contributed by atoms with Crippen LogP contribution in [-0.4, -0.2) is 35.7 Å². The average molecular weight is 432 g/mol. The first-order valence-electron chi connectivity index (χ1n) is 11.1. The summed E-state index contributed by atoms with van der Waals surface area (Å²) in [7, 11) is 0. The molecule has 5 rings (SSSR count). The minimum absolute atomic E-state index is 0.197. The molecule has 0 bridgehead atoms. The Labute approximate surface area is 187 Å². The van der Waals surface area contributed by atoms with E-state index >= 15 is 0 Å². The molecule has 1 aliphatic carbocycles. The molecular formula is C27H26FNO3. The summed E-state index contributed by atoms with van der Waals surface area (Å²) in [6.07, 6.45) is 1.99. The summed E-state index contributed by atoms with van der Waals surface area (Å²) in [4.78, 5) is 13.7. The van der Waals surface area contributed by atoms with E-state index in [9.17, 15) is 14.3 Å². The van der Waals surface area contributed by atoms with Gasteiger partial charge in [-0.1, -0.05) is 60.7 Å². The number of hydrogen-bond acceptors (Lipinski definition) is 3. The molecule has 1 saturated heterocycles. The Hall–Kier alpha value is -3.18. The maximum Gasteiger partial charge on any atom is 0.338 e. The molecule has 164 valence electrons. The normalized spacial score (nSPS) is 16.7. The fourth-order valence-corrected chi connectivity index (χ4v) is 4.59. The number of benzene rings is 3. The van der Waals surface area contributed by atoms with Crippen LogP contribution in [0.5, 0.6) is 5.75 Å². The molecule has 5 heteroatoms. The second-order valence-electron chi connectivity index (χ2n) is 8.80. The molecular weight excluding hydrogens is 405 g/mol. The zero-order valence-electron chi connectivity index (χ0n) is 17.8. The van der Waals surface area contributed by atoms with Gasteiger partial charge in [0.25, 0.3) is 0 Å². The van der Waals surface area contributed by atoms with Crippen LogP contribution in [0.15, 0.2) is 72.8 Å². The van der Waals surface area contributed by atoms with Gasteiger partial charge in [0.2, 0.25) is 0 Å². The molecule has 1 aliphatic heterocycles. The third-order valence-corrected chi connectivity index (χ3v) is 6.40. The van der Waals surface area contributed by atoms with Crippen LogP contribution < -0.4 is 4.74 Å². The highest BCUT2D eigenvalue weighted by atomic mass is 19.1. The molecule has 0 amide bonds.